The van der Waals surface area contributed by atoms with Crippen molar-refractivity contribution >= 4 is 5.97 Å². The molecule has 9 nitrogen and oxygen atoms in total. The molecule has 0 amide bonds. The number of hydrogen-bond acceptors (Lipinski definition) is 6. The van der Waals surface area contributed by atoms with E-state index in [1.54, 1.807) is 0 Å². The van der Waals surface area contributed by atoms with E-state index >= 15 is 0 Å². The number of carbonyl (C=O) groups is 1. The molecule has 0 radical (unpaired) electrons. The Labute approximate surface area is 98.9 Å². The Balaban J connectivity index is 2.38. The molecule has 0 unspecified atom stereocenters. The van der Waals surface area contributed by atoms with E-state index in [2.05, 4.69) is 0 Å². The van der Waals surface area contributed by atoms with Gasteiger partial charge in [-0.25, -0.2) is 9.59 Å². The molecule has 1 fully saturated rings. The minimum Gasteiger partial charge on any atom is -0.479 e. The fourth-order valence-corrected chi connectivity index (χ4v) is 1.72. The summed E-state index contributed by atoms with van der Waals surface area (Å²) in [6.45, 7) is 0. The summed E-state index contributed by atoms with van der Waals surface area (Å²) in [6, 6.07) is 1.01. The number of nitrogens with zero attached hydrogens (tertiary/aromatic N) is 1. The number of H-pyrrole nitrogens is 1. The summed E-state index contributed by atoms with van der Waals surface area (Å²) in [4.78, 5) is 35.0. The molecular formula is C9H10N2O7. The number of aromatic amines is 1. The number of aliphatic hydroxyl groups excluding tert-OH is 2. The van der Waals surface area contributed by atoms with Crippen LogP contribution in [0.15, 0.2) is 21.9 Å². The number of carboxylic acid groups (broad SMARTS) is 1. The van der Waals surface area contributed by atoms with E-state index in [1.807, 2.05) is 4.98 Å². The van der Waals surface area contributed by atoms with Crippen molar-refractivity contribution in [3.63, 3.8) is 0 Å². The first-order valence-corrected chi connectivity index (χ1v) is 4.97. The molecule has 9 heteroatoms. The highest BCUT2D eigenvalue weighted by molar-refractivity contribution is 5.73. The number of ether oxygens (including phenoxy) is 1. The van der Waals surface area contributed by atoms with E-state index < -0.39 is 41.8 Å². The summed E-state index contributed by atoms with van der Waals surface area (Å²) in [7, 11) is 0. The fourth-order valence-electron chi connectivity index (χ4n) is 1.72. The maximum atomic E-state index is 11.4. The van der Waals surface area contributed by atoms with Gasteiger partial charge in [0.2, 0.25) is 0 Å². The second-order valence-electron chi connectivity index (χ2n) is 3.78. The van der Waals surface area contributed by atoms with Gasteiger partial charge in [0, 0.05) is 12.3 Å². The minimum absolute atomic E-state index is 0.640. The van der Waals surface area contributed by atoms with E-state index in [0.717, 1.165) is 16.8 Å². The van der Waals surface area contributed by atoms with Crippen molar-refractivity contribution in [2.45, 2.75) is 24.5 Å². The average Bonchev–Trinajstić information content (AvgIpc) is 2.57. The minimum atomic E-state index is -1.66. The lowest BCUT2D eigenvalue weighted by Gasteiger charge is -2.16. The lowest BCUT2D eigenvalue weighted by Crippen LogP contribution is -2.38. The summed E-state index contributed by atoms with van der Waals surface area (Å²) in [5, 5.41) is 27.8. The third-order valence-electron chi connectivity index (χ3n) is 2.61. The van der Waals surface area contributed by atoms with Gasteiger partial charge in [-0.3, -0.25) is 14.3 Å². The molecule has 0 aromatic carbocycles. The van der Waals surface area contributed by atoms with E-state index in [1.165, 1.54) is 0 Å². The lowest BCUT2D eigenvalue weighted by molar-refractivity contribution is -0.155. The molecule has 1 aromatic rings. The molecule has 0 saturated carbocycles. The molecule has 1 aliphatic heterocycles. The second-order valence-corrected chi connectivity index (χ2v) is 3.78. The van der Waals surface area contributed by atoms with Gasteiger partial charge >= 0.3 is 11.7 Å². The normalized spacial score (nSPS) is 31.4. The number of rotatable bonds is 2. The predicted octanol–water partition coefficient (Wildman–Crippen LogP) is -2.76. The lowest BCUT2D eigenvalue weighted by atomic mass is 10.1. The zero-order chi connectivity index (χ0) is 13.4. The Kier molecular flexibility index (Phi) is 3.03. The van der Waals surface area contributed by atoms with Crippen LogP contribution in [0.3, 0.4) is 0 Å². The van der Waals surface area contributed by atoms with Crippen LogP contribution in [0.1, 0.15) is 6.23 Å². The largest absolute Gasteiger partial charge is 0.479 e. The predicted molar refractivity (Wildman–Crippen MR) is 54.9 cm³/mol. The van der Waals surface area contributed by atoms with Crippen molar-refractivity contribution in [2.75, 3.05) is 0 Å². The van der Waals surface area contributed by atoms with Crippen molar-refractivity contribution in [3.8, 4) is 0 Å². The molecular weight excluding hydrogens is 248 g/mol. The summed E-state index contributed by atoms with van der Waals surface area (Å²) in [5.74, 6) is -1.46. The number of aliphatic hydroxyl groups is 2. The number of nitrogens with one attached hydrogen (secondary N) is 1. The number of hydrogen-bond donors (Lipinski definition) is 4. The van der Waals surface area contributed by atoms with Gasteiger partial charge in [0.25, 0.3) is 5.56 Å². The monoisotopic (exact) mass is 258 g/mol. The first-order valence-electron chi connectivity index (χ1n) is 4.97. The fraction of sp³-hybridized carbons (Fsp3) is 0.444. The Morgan fingerprint density at radius 3 is 2.50 bits per heavy atom. The highest BCUT2D eigenvalue weighted by Crippen LogP contribution is 2.28. The van der Waals surface area contributed by atoms with E-state index in [9.17, 15) is 24.6 Å². The summed E-state index contributed by atoms with van der Waals surface area (Å²) in [6.07, 6.45) is -5.21. The van der Waals surface area contributed by atoms with E-state index in [4.69, 9.17) is 9.84 Å². The smallest absolute Gasteiger partial charge is 0.335 e. The van der Waals surface area contributed by atoms with Gasteiger partial charge in [0.05, 0.1) is 0 Å². The molecule has 2 heterocycles. The molecule has 0 spiro atoms. The van der Waals surface area contributed by atoms with Crippen LogP contribution >= 0.6 is 0 Å². The van der Waals surface area contributed by atoms with Gasteiger partial charge in [-0.15, -0.1) is 0 Å². The van der Waals surface area contributed by atoms with Gasteiger partial charge in [-0.2, -0.15) is 0 Å². The molecule has 1 saturated heterocycles. The van der Waals surface area contributed by atoms with Crippen molar-refractivity contribution in [3.05, 3.63) is 33.1 Å². The topological polar surface area (TPSA) is 142 Å². The third kappa shape index (κ3) is 1.94. The van der Waals surface area contributed by atoms with Gasteiger partial charge in [0.15, 0.2) is 12.3 Å². The molecule has 1 aliphatic rings. The van der Waals surface area contributed by atoms with E-state index in [0.29, 0.717) is 0 Å². The van der Waals surface area contributed by atoms with Crippen LogP contribution in [0.5, 0.6) is 0 Å². The van der Waals surface area contributed by atoms with Gasteiger partial charge in [-0.1, -0.05) is 0 Å². The Bertz CT molecular complexity index is 577. The number of aliphatic carboxylic acids is 1. The van der Waals surface area contributed by atoms with Crippen molar-refractivity contribution < 1.29 is 24.9 Å². The average molecular weight is 258 g/mol. The molecule has 4 atom stereocenters. The summed E-state index contributed by atoms with van der Waals surface area (Å²) in [5.41, 5.74) is -1.51. The second kappa shape index (κ2) is 4.37. The standard InChI is InChI=1S/C9H10N2O7/c12-3-1-2-11(9(17)10-3)7-5(14)4(13)6(18-7)8(15)16/h1-2,4-7,13-14H,(H,15,16)(H,10,12,17)/t4-,5+,6-,7+/m0/s1. The SMILES string of the molecule is O=C(O)[C@H]1O[C@@H](n2ccc(=O)[nH]c2=O)[C@H](O)[C@@H]1O. The highest BCUT2D eigenvalue weighted by atomic mass is 16.6. The van der Waals surface area contributed by atoms with Crippen molar-refractivity contribution in [2.24, 2.45) is 0 Å². The molecule has 2 rings (SSSR count). The number of carboxylic acids is 1. The highest BCUT2D eigenvalue weighted by Gasteiger charge is 2.47. The van der Waals surface area contributed by atoms with Crippen LogP contribution in [0.4, 0.5) is 0 Å². The first kappa shape index (κ1) is 12.5. The van der Waals surface area contributed by atoms with Gasteiger partial charge in [0.1, 0.15) is 12.2 Å². The summed E-state index contributed by atoms with van der Waals surface area (Å²) >= 11 is 0. The van der Waals surface area contributed by atoms with Crippen LogP contribution in [0.25, 0.3) is 0 Å². The first-order chi connectivity index (χ1) is 8.41. The Morgan fingerprint density at radius 1 is 1.33 bits per heavy atom. The maximum Gasteiger partial charge on any atom is 0.335 e. The molecule has 1 aromatic heterocycles. The van der Waals surface area contributed by atoms with Crippen LogP contribution in [0.2, 0.25) is 0 Å². The van der Waals surface area contributed by atoms with E-state index in [-0.39, 0.29) is 0 Å². The van der Waals surface area contributed by atoms with Crippen LogP contribution in [-0.2, 0) is 9.53 Å². The van der Waals surface area contributed by atoms with Crippen molar-refractivity contribution in [1.82, 2.24) is 9.55 Å². The Hall–Kier alpha value is -1.97. The van der Waals surface area contributed by atoms with Gasteiger partial charge < -0.3 is 20.1 Å². The molecule has 0 bridgehead atoms. The maximum absolute atomic E-state index is 11.4. The molecule has 98 valence electrons. The zero-order valence-corrected chi connectivity index (χ0v) is 8.89. The van der Waals surface area contributed by atoms with Crippen molar-refractivity contribution in [1.29, 1.82) is 0 Å². The van der Waals surface area contributed by atoms with Gasteiger partial charge in [-0.05, 0) is 0 Å². The molecule has 4 N–H and O–H groups in total. The summed E-state index contributed by atoms with van der Waals surface area (Å²) < 4.78 is 5.70. The quantitative estimate of drug-likeness (QED) is 0.450. The van der Waals surface area contributed by atoms with Crippen LogP contribution in [-0.4, -0.2) is 49.2 Å². The number of aromatic nitrogens is 2. The zero-order valence-electron chi connectivity index (χ0n) is 8.89. The Morgan fingerprint density at radius 2 is 2.00 bits per heavy atom. The molecule has 0 aliphatic carbocycles. The van der Waals surface area contributed by atoms with Crippen LogP contribution in [0, 0.1) is 0 Å². The van der Waals surface area contributed by atoms with Crippen LogP contribution < -0.4 is 11.2 Å². The third-order valence-corrected chi connectivity index (χ3v) is 2.61. The molecule has 18 heavy (non-hydrogen) atoms.